The molecule has 1 aromatic heterocycles. The van der Waals surface area contributed by atoms with Crippen molar-refractivity contribution in [1.82, 2.24) is 9.55 Å². The van der Waals surface area contributed by atoms with Crippen LogP contribution in [0.15, 0.2) is 66.1 Å². The van der Waals surface area contributed by atoms with Crippen LogP contribution < -0.4 is 5.32 Å². The van der Waals surface area contributed by atoms with Gasteiger partial charge in [-0.2, -0.15) is 0 Å². The molecule has 1 saturated heterocycles. The number of halogens is 5. The van der Waals surface area contributed by atoms with Crippen LogP contribution in [-0.2, 0) is 23.1 Å². The van der Waals surface area contributed by atoms with E-state index in [2.05, 4.69) is 10.3 Å². The maximum Gasteiger partial charge on any atom is 0.261 e. The highest BCUT2D eigenvalue weighted by Crippen LogP contribution is 2.43. The molecule has 0 aliphatic carbocycles. The minimum absolute atomic E-state index is 0.0139. The Morgan fingerprint density at radius 2 is 1.65 bits per heavy atom. The Morgan fingerprint density at radius 1 is 0.977 bits per heavy atom. The molecule has 1 aliphatic heterocycles. The fourth-order valence-electron chi connectivity index (χ4n) is 4.72. The summed E-state index contributed by atoms with van der Waals surface area (Å²) < 4.78 is 83.8. The van der Waals surface area contributed by atoms with Crippen LogP contribution in [0.25, 0.3) is 0 Å². The van der Waals surface area contributed by atoms with Gasteiger partial charge in [0, 0.05) is 42.4 Å². The number of rotatable bonds is 8. The first-order chi connectivity index (χ1) is 20.6. The molecule has 0 saturated carbocycles. The Kier molecular flexibility index (Phi) is 9.16. The van der Waals surface area contributed by atoms with E-state index in [4.69, 9.17) is 9.47 Å². The minimum atomic E-state index is -2.36. The van der Waals surface area contributed by atoms with Crippen molar-refractivity contribution in [3.05, 3.63) is 112 Å². The zero-order chi connectivity index (χ0) is 30.8. The maximum atomic E-state index is 14.2. The zero-order valence-electron chi connectivity index (χ0n) is 22.9. The van der Waals surface area contributed by atoms with Crippen molar-refractivity contribution in [2.45, 2.75) is 37.2 Å². The van der Waals surface area contributed by atoms with Crippen molar-refractivity contribution in [2.75, 3.05) is 11.1 Å². The number of hydrogen-bond acceptors (Lipinski definition) is 6. The standard InChI is InChI=1S/C30H26F5N3O4S/c1-15-20(14-43-30-36-10-11-38(30)2)41-29(42-27(15)17-8-6-16(13-39)7-9-17)18-4-3-5-19(12-18)37-28(40)21-22(31)24(33)26(35)25(34)23(21)32/h3-12,15,20,27,29,39H,13-14H2,1-2H3,(H,37,40)/t15-,20+,27+,29+/m0/s1. The van der Waals surface area contributed by atoms with Crippen molar-refractivity contribution in [3.8, 4) is 0 Å². The number of nitrogens with zero attached hydrogens (tertiary/aromatic N) is 2. The highest BCUT2D eigenvalue weighted by atomic mass is 32.2. The molecule has 226 valence electrons. The molecule has 0 radical (unpaired) electrons. The number of aromatic nitrogens is 2. The van der Waals surface area contributed by atoms with E-state index in [1.807, 2.05) is 36.9 Å². The largest absolute Gasteiger partial charge is 0.392 e. The summed E-state index contributed by atoms with van der Waals surface area (Å²) in [5, 5.41) is 12.4. The second-order valence-electron chi connectivity index (χ2n) is 9.98. The quantitative estimate of drug-likeness (QED) is 0.102. The van der Waals surface area contributed by atoms with Crippen molar-refractivity contribution < 1.29 is 41.3 Å². The van der Waals surface area contributed by atoms with E-state index >= 15 is 0 Å². The lowest BCUT2D eigenvalue weighted by Crippen LogP contribution is -2.38. The number of benzene rings is 3. The number of anilines is 1. The third kappa shape index (κ3) is 6.30. The van der Waals surface area contributed by atoms with Gasteiger partial charge in [-0.15, -0.1) is 0 Å². The Hall–Kier alpha value is -3.78. The average Bonchev–Trinajstić information content (AvgIpc) is 3.43. The van der Waals surface area contributed by atoms with Gasteiger partial charge < -0.3 is 24.5 Å². The van der Waals surface area contributed by atoms with E-state index in [1.54, 1.807) is 24.4 Å². The molecule has 1 amide bonds. The zero-order valence-corrected chi connectivity index (χ0v) is 23.7. The third-order valence-corrected chi connectivity index (χ3v) is 8.28. The van der Waals surface area contributed by atoms with Crippen molar-refractivity contribution >= 4 is 23.4 Å². The molecule has 1 fully saturated rings. The number of imidazole rings is 1. The van der Waals surface area contributed by atoms with Gasteiger partial charge in [0.25, 0.3) is 5.91 Å². The maximum absolute atomic E-state index is 14.2. The molecule has 7 nitrogen and oxygen atoms in total. The van der Waals surface area contributed by atoms with Crippen LogP contribution in [0.2, 0.25) is 0 Å². The predicted octanol–water partition coefficient (Wildman–Crippen LogP) is 6.44. The summed E-state index contributed by atoms with van der Waals surface area (Å²) in [6, 6.07) is 13.3. The second kappa shape index (κ2) is 12.8. The van der Waals surface area contributed by atoms with Crippen molar-refractivity contribution in [2.24, 2.45) is 13.0 Å². The van der Waals surface area contributed by atoms with E-state index in [0.29, 0.717) is 11.3 Å². The van der Waals surface area contributed by atoms with Gasteiger partial charge in [0.1, 0.15) is 5.56 Å². The van der Waals surface area contributed by atoms with Crippen LogP contribution in [0.3, 0.4) is 0 Å². The molecule has 4 atom stereocenters. The van der Waals surface area contributed by atoms with Crippen molar-refractivity contribution in [1.29, 1.82) is 0 Å². The SMILES string of the molecule is C[C@H]1[C@@H](CSc2nccn2C)O[C@@H](c2cccc(NC(=O)c3c(F)c(F)c(F)c(F)c3F)c2)O[C@H]1c1ccc(CO)cc1. The molecule has 3 aromatic carbocycles. The van der Waals surface area contributed by atoms with Crippen LogP contribution >= 0.6 is 11.8 Å². The fraction of sp³-hybridized carbons (Fsp3) is 0.267. The van der Waals surface area contributed by atoms with Crippen LogP contribution in [0.4, 0.5) is 27.6 Å². The smallest absolute Gasteiger partial charge is 0.261 e. The molecule has 0 bridgehead atoms. The number of carbonyl (C=O) groups excluding carboxylic acids is 1. The monoisotopic (exact) mass is 619 g/mol. The number of aliphatic hydroxyl groups excluding tert-OH is 1. The summed E-state index contributed by atoms with van der Waals surface area (Å²) in [6.07, 6.45) is 1.80. The fourth-order valence-corrected chi connectivity index (χ4v) is 5.81. The minimum Gasteiger partial charge on any atom is -0.392 e. The lowest BCUT2D eigenvalue weighted by atomic mass is 9.91. The van der Waals surface area contributed by atoms with E-state index < -0.39 is 53.0 Å². The molecule has 0 spiro atoms. The molecular weight excluding hydrogens is 593 g/mol. The number of thioether (sulfide) groups is 1. The molecule has 5 rings (SSSR count). The highest BCUT2D eigenvalue weighted by molar-refractivity contribution is 7.99. The first-order valence-electron chi connectivity index (χ1n) is 13.1. The molecule has 2 heterocycles. The van der Waals surface area contributed by atoms with Gasteiger partial charge in [-0.25, -0.2) is 26.9 Å². The third-order valence-electron chi connectivity index (χ3n) is 7.13. The van der Waals surface area contributed by atoms with Gasteiger partial charge in [-0.3, -0.25) is 4.79 Å². The number of aryl methyl sites for hydroxylation is 1. The Bertz CT molecular complexity index is 1610. The molecule has 43 heavy (non-hydrogen) atoms. The van der Waals surface area contributed by atoms with Gasteiger partial charge in [-0.05, 0) is 23.3 Å². The Labute approximate surface area is 247 Å². The number of amides is 1. The summed E-state index contributed by atoms with van der Waals surface area (Å²) >= 11 is 1.50. The van der Waals surface area contributed by atoms with Crippen LogP contribution in [0, 0.1) is 35.0 Å². The summed E-state index contributed by atoms with van der Waals surface area (Å²) in [4.78, 5) is 17.0. The van der Waals surface area contributed by atoms with Gasteiger partial charge in [0.2, 0.25) is 5.82 Å². The first-order valence-corrected chi connectivity index (χ1v) is 14.1. The van der Waals surface area contributed by atoms with Crippen LogP contribution in [0.1, 0.15) is 46.4 Å². The van der Waals surface area contributed by atoms with E-state index in [9.17, 15) is 31.9 Å². The first kappa shape index (κ1) is 30.7. The van der Waals surface area contributed by atoms with Crippen LogP contribution in [-0.4, -0.2) is 32.4 Å². The van der Waals surface area contributed by atoms with E-state index in [1.165, 1.54) is 30.0 Å². The summed E-state index contributed by atoms with van der Waals surface area (Å²) in [6.45, 7) is 1.88. The Morgan fingerprint density at radius 3 is 2.28 bits per heavy atom. The highest BCUT2D eigenvalue weighted by Gasteiger charge is 2.39. The molecule has 2 N–H and O–H groups in total. The molecular formula is C30H26F5N3O4S. The Balaban J connectivity index is 1.42. The summed E-state index contributed by atoms with van der Waals surface area (Å²) in [7, 11) is 1.88. The topological polar surface area (TPSA) is 85.6 Å². The summed E-state index contributed by atoms with van der Waals surface area (Å²) in [5.41, 5.74) is 0.435. The average molecular weight is 620 g/mol. The number of nitrogens with one attached hydrogen (secondary N) is 1. The van der Waals surface area contributed by atoms with E-state index in [0.717, 1.165) is 16.3 Å². The molecule has 0 unspecified atom stereocenters. The van der Waals surface area contributed by atoms with Gasteiger partial charge in [0.15, 0.2) is 34.7 Å². The predicted molar refractivity (Wildman–Crippen MR) is 148 cm³/mol. The molecule has 1 aliphatic rings. The second-order valence-corrected chi connectivity index (χ2v) is 11.0. The van der Waals surface area contributed by atoms with E-state index in [-0.39, 0.29) is 24.3 Å². The number of hydrogen-bond donors (Lipinski definition) is 2. The van der Waals surface area contributed by atoms with Crippen molar-refractivity contribution in [3.63, 3.8) is 0 Å². The van der Waals surface area contributed by atoms with Gasteiger partial charge >= 0.3 is 0 Å². The number of ether oxygens (including phenoxy) is 2. The number of carbonyl (C=O) groups is 1. The lowest BCUT2D eigenvalue weighted by Gasteiger charge is -2.41. The molecule has 13 heteroatoms. The van der Waals surface area contributed by atoms with Gasteiger partial charge in [-0.1, -0.05) is 55.1 Å². The van der Waals surface area contributed by atoms with Crippen LogP contribution in [0.5, 0.6) is 0 Å². The van der Waals surface area contributed by atoms with Gasteiger partial charge in [0.05, 0.1) is 18.8 Å². The lowest BCUT2D eigenvalue weighted by molar-refractivity contribution is -0.268. The molecule has 4 aromatic rings. The summed E-state index contributed by atoms with van der Waals surface area (Å²) in [5.74, 6) is -12.4. The normalized spacial score (nSPS) is 20.3. The number of aliphatic hydroxyl groups is 1.